The number of ether oxygens (including phenoxy) is 1. The average Bonchev–Trinajstić information content (AvgIpc) is 2.45. The minimum absolute atomic E-state index is 0.109. The normalized spacial score (nSPS) is 12.3. The van der Waals surface area contributed by atoms with Crippen LogP contribution in [0.15, 0.2) is 34.8 Å². The van der Waals surface area contributed by atoms with Gasteiger partial charge >= 0.3 is 0 Å². The fourth-order valence-corrected chi connectivity index (χ4v) is 3.14. The molecule has 0 saturated carbocycles. The first-order chi connectivity index (χ1) is 9.97. The van der Waals surface area contributed by atoms with Crippen LogP contribution in [0.1, 0.15) is 33.9 Å². The summed E-state index contributed by atoms with van der Waals surface area (Å²) in [4.78, 5) is 0. The van der Waals surface area contributed by atoms with Crippen LogP contribution < -0.4 is 10.1 Å². The van der Waals surface area contributed by atoms with E-state index in [9.17, 15) is 0 Å². The Kier molecular flexibility index (Phi) is 5.07. The molecule has 2 aromatic carbocycles. The Hall–Kier alpha value is -1.32. The highest BCUT2D eigenvalue weighted by Gasteiger charge is 2.20. The molecular formula is C18H22BrNO. The van der Waals surface area contributed by atoms with Crippen molar-refractivity contribution in [3.63, 3.8) is 0 Å². The quantitative estimate of drug-likeness (QED) is 0.865. The van der Waals surface area contributed by atoms with Gasteiger partial charge in [0.2, 0.25) is 0 Å². The SMILES string of the molecule is CNC(c1ccc(C)c(Br)c1)c1c(C)cc(C)cc1OC. The van der Waals surface area contributed by atoms with Crippen molar-refractivity contribution < 1.29 is 4.74 Å². The third kappa shape index (κ3) is 3.30. The number of rotatable bonds is 4. The Morgan fingerprint density at radius 2 is 1.76 bits per heavy atom. The zero-order chi connectivity index (χ0) is 15.6. The summed E-state index contributed by atoms with van der Waals surface area (Å²) >= 11 is 3.62. The van der Waals surface area contributed by atoms with Gasteiger partial charge in [-0.25, -0.2) is 0 Å². The molecule has 0 bridgehead atoms. The molecule has 0 aliphatic carbocycles. The van der Waals surface area contributed by atoms with E-state index in [2.05, 4.69) is 72.3 Å². The predicted molar refractivity (Wildman–Crippen MR) is 92.2 cm³/mol. The molecule has 0 aliphatic heterocycles. The van der Waals surface area contributed by atoms with Gasteiger partial charge in [-0.05, 0) is 62.2 Å². The smallest absolute Gasteiger partial charge is 0.124 e. The maximum Gasteiger partial charge on any atom is 0.124 e. The van der Waals surface area contributed by atoms with Crippen molar-refractivity contribution in [1.29, 1.82) is 0 Å². The van der Waals surface area contributed by atoms with Crippen molar-refractivity contribution in [2.24, 2.45) is 0 Å². The summed E-state index contributed by atoms with van der Waals surface area (Å²) in [6.07, 6.45) is 0. The molecule has 0 saturated heterocycles. The Labute approximate surface area is 135 Å². The minimum atomic E-state index is 0.109. The summed E-state index contributed by atoms with van der Waals surface area (Å²) in [6.45, 7) is 6.33. The van der Waals surface area contributed by atoms with Crippen molar-refractivity contribution in [3.8, 4) is 5.75 Å². The van der Waals surface area contributed by atoms with Crippen LogP contribution in [0.2, 0.25) is 0 Å². The largest absolute Gasteiger partial charge is 0.496 e. The van der Waals surface area contributed by atoms with Gasteiger partial charge in [0.25, 0.3) is 0 Å². The van der Waals surface area contributed by atoms with E-state index < -0.39 is 0 Å². The van der Waals surface area contributed by atoms with Gasteiger partial charge < -0.3 is 10.1 Å². The number of benzene rings is 2. The predicted octanol–water partition coefficient (Wildman–Crippen LogP) is 4.69. The van der Waals surface area contributed by atoms with Gasteiger partial charge in [0.1, 0.15) is 5.75 Å². The second kappa shape index (κ2) is 6.63. The fraction of sp³-hybridized carbons (Fsp3) is 0.333. The molecule has 0 heterocycles. The highest BCUT2D eigenvalue weighted by Crippen LogP contribution is 2.35. The van der Waals surface area contributed by atoms with E-state index >= 15 is 0 Å². The first-order valence-electron chi connectivity index (χ1n) is 7.06. The lowest BCUT2D eigenvalue weighted by Gasteiger charge is -2.23. The number of hydrogen-bond donors (Lipinski definition) is 1. The molecule has 1 unspecified atom stereocenters. The molecule has 1 N–H and O–H groups in total. The lowest BCUT2D eigenvalue weighted by molar-refractivity contribution is 0.404. The summed E-state index contributed by atoms with van der Waals surface area (Å²) in [5.74, 6) is 0.934. The van der Waals surface area contributed by atoms with Gasteiger partial charge in [0, 0.05) is 10.0 Å². The Balaban J connectivity index is 2.58. The van der Waals surface area contributed by atoms with E-state index in [1.54, 1.807) is 7.11 Å². The van der Waals surface area contributed by atoms with E-state index in [0.717, 1.165) is 10.2 Å². The van der Waals surface area contributed by atoms with E-state index in [1.165, 1.54) is 27.8 Å². The van der Waals surface area contributed by atoms with Gasteiger partial charge in [-0.1, -0.05) is 34.1 Å². The van der Waals surface area contributed by atoms with Crippen LogP contribution >= 0.6 is 15.9 Å². The number of halogens is 1. The van der Waals surface area contributed by atoms with E-state index in [1.807, 2.05) is 7.05 Å². The minimum Gasteiger partial charge on any atom is -0.496 e. The molecule has 1 atom stereocenters. The Morgan fingerprint density at radius 1 is 1.05 bits per heavy atom. The van der Waals surface area contributed by atoms with Gasteiger partial charge in [0.05, 0.1) is 13.2 Å². The van der Waals surface area contributed by atoms with Gasteiger partial charge in [0.15, 0.2) is 0 Å². The molecule has 0 aromatic heterocycles. The van der Waals surface area contributed by atoms with Gasteiger partial charge in [-0.2, -0.15) is 0 Å². The molecular weight excluding hydrogens is 326 g/mol. The first-order valence-corrected chi connectivity index (χ1v) is 7.85. The van der Waals surface area contributed by atoms with Crippen molar-refractivity contribution in [1.82, 2.24) is 5.32 Å². The average molecular weight is 348 g/mol. The molecule has 0 spiro atoms. The molecule has 2 rings (SSSR count). The molecule has 2 nitrogen and oxygen atoms in total. The van der Waals surface area contributed by atoms with Crippen LogP contribution in [0, 0.1) is 20.8 Å². The van der Waals surface area contributed by atoms with Crippen LogP contribution in [0.4, 0.5) is 0 Å². The summed E-state index contributed by atoms with van der Waals surface area (Å²) in [5, 5.41) is 3.42. The van der Waals surface area contributed by atoms with E-state index in [4.69, 9.17) is 4.74 Å². The highest BCUT2D eigenvalue weighted by molar-refractivity contribution is 9.10. The molecule has 21 heavy (non-hydrogen) atoms. The molecule has 3 heteroatoms. The Morgan fingerprint density at radius 3 is 2.33 bits per heavy atom. The van der Waals surface area contributed by atoms with Crippen molar-refractivity contribution >= 4 is 15.9 Å². The van der Waals surface area contributed by atoms with Crippen LogP contribution in [0.25, 0.3) is 0 Å². The summed E-state index contributed by atoms with van der Waals surface area (Å²) in [7, 11) is 3.71. The van der Waals surface area contributed by atoms with E-state index in [0.29, 0.717) is 0 Å². The molecule has 0 aliphatic rings. The number of nitrogens with one attached hydrogen (secondary N) is 1. The third-order valence-corrected chi connectivity index (χ3v) is 4.67. The highest BCUT2D eigenvalue weighted by atomic mass is 79.9. The summed E-state index contributed by atoms with van der Waals surface area (Å²) < 4.78 is 6.74. The van der Waals surface area contributed by atoms with Gasteiger partial charge in [-0.3, -0.25) is 0 Å². The lowest BCUT2D eigenvalue weighted by Crippen LogP contribution is -2.19. The molecule has 0 fully saturated rings. The summed E-state index contributed by atoms with van der Waals surface area (Å²) in [6, 6.07) is 10.9. The Bertz CT molecular complexity index is 652. The first kappa shape index (κ1) is 16.1. The van der Waals surface area contributed by atoms with Crippen LogP contribution in [0.5, 0.6) is 5.75 Å². The van der Waals surface area contributed by atoms with Crippen LogP contribution in [-0.2, 0) is 0 Å². The second-order valence-electron chi connectivity index (χ2n) is 5.43. The second-order valence-corrected chi connectivity index (χ2v) is 6.28. The zero-order valence-electron chi connectivity index (χ0n) is 13.3. The topological polar surface area (TPSA) is 21.3 Å². The molecule has 112 valence electrons. The fourth-order valence-electron chi connectivity index (χ4n) is 2.74. The maximum atomic E-state index is 5.61. The monoisotopic (exact) mass is 347 g/mol. The number of methoxy groups -OCH3 is 1. The standard InChI is InChI=1S/C18H22BrNO/c1-11-8-13(3)17(16(9-11)21-5)18(20-4)14-7-6-12(2)15(19)10-14/h6-10,18,20H,1-5H3. The van der Waals surface area contributed by atoms with Crippen LogP contribution in [0.3, 0.4) is 0 Å². The third-order valence-electron chi connectivity index (χ3n) is 3.82. The van der Waals surface area contributed by atoms with Gasteiger partial charge in [-0.15, -0.1) is 0 Å². The van der Waals surface area contributed by atoms with Crippen molar-refractivity contribution in [2.75, 3.05) is 14.2 Å². The maximum absolute atomic E-state index is 5.61. The zero-order valence-corrected chi connectivity index (χ0v) is 14.8. The molecule has 0 amide bonds. The van der Waals surface area contributed by atoms with E-state index in [-0.39, 0.29) is 6.04 Å². The summed E-state index contributed by atoms with van der Waals surface area (Å²) in [5.41, 5.74) is 6.11. The number of hydrogen-bond acceptors (Lipinski definition) is 2. The molecule has 0 radical (unpaired) electrons. The van der Waals surface area contributed by atoms with Crippen molar-refractivity contribution in [3.05, 3.63) is 62.6 Å². The number of aryl methyl sites for hydroxylation is 3. The van der Waals surface area contributed by atoms with Crippen LogP contribution in [-0.4, -0.2) is 14.2 Å². The van der Waals surface area contributed by atoms with Crippen molar-refractivity contribution in [2.45, 2.75) is 26.8 Å². The lowest BCUT2D eigenvalue weighted by atomic mass is 9.92. The molecule has 2 aromatic rings.